The van der Waals surface area contributed by atoms with Gasteiger partial charge in [-0.05, 0) is 67.3 Å². The third kappa shape index (κ3) is 5.84. The van der Waals surface area contributed by atoms with Gasteiger partial charge in [-0.15, -0.1) is 0 Å². The number of hydrogen-bond donors (Lipinski definition) is 3. The van der Waals surface area contributed by atoms with Crippen LogP contribution in [-0.2, 0) is 14.4 Å². The van der Waals surface area contributed by atoms with Crippen molar-refractivity contribution in [1.82, 2.24) is 15.3 Å². The third-order valence-electron chi connectivity index (χ3n) is 8.68. The Morgan fingerprint density at radius 3 is 2.39 bits per heavy atom. The summed E-state index contributed by atoms with van der Waals surface area (Å²) in [6.07, 6.45) is 2.42. The van der Waals surface area contributed by atoms with Gasteiger partial charge in [-0.3, -0.25) is 19.3 Å². The Labute approximate surface area is 257 Å². The van der Waals surface area contributed by atoms with Gasteiger partial charge in [-0.1, -0.05) is 30.3 Å². The predicted octanol–water partition coefficient (Wildman–Crippen LogP) is 4.15. The molecule has 44 heavy (non-hydrogen) atoms. The number of nitrogens with one attached hydrogen (secondary N) is 3. The van der Waals surface area contributed by atoms with Crippen LogP contribution in [0.2, 0.25) is 0 Å². The maximum Gasteiger partial charge on any atom is 0.338 e. The van der Waals surface area contributed by atoms with Gasteiger partial charge in [0.2, 0.25) is 0 Å². The van der Waals surface area contributed by atoms with Crippen molar-refractivity contribution in [1.29, 1.82) is 0 Å². The van der Waals surface area contributed by atoms with Gasteiger partial charge in [0.25, 0.3) is 11.8 Å². The van der Waals surface area contributed by atoms with E-state index >= 15 is 0 Å². The van der Waals surface area contributed by atoms with E-state index in [1.807, 2.05) is 55.5 Å². The van der Waals surface area contributed by atoms with Gasteiger partial charge >= 0.3 is 5.97 Å². The molecule has 2 saturated heterocycles. The van der Waals surface area contributed by atoms with E-state index in [1.54, 1.807) is 25.2 Å². The lowest BCUT2D eigenvalue weighted by Gasteiger charge is -2.35. The van der Waals surface area contributed by atoms with Crippen LogP contribution in [-0.4, -0.2) is 80.2 Å². The first-order valence-corrected chi connectivity index (χ1v) is 14.9. The van der Waals surface area contributed by atoms with Crippen LogP contribution in [0, 0.1) is 6.92 Å². The normalized spacial score (nSPS) is 20.1. The Kier molecular flexibility index (Phi) is 8.47. The van der Waals surface area contributed by atoms with E-state index in [1.165, 1.54) is 25.0 Å². The highest BCUT2D eigenvalue weighted by molar-refractivity contribution is 6.37. The molecule has 0 spiro atoms. The van der Waals surface area contributed by atoms with Crippen molar-refractivity contribution in [2.75, 3.05) is 51.0 Å². The van der Waals surface area contributed by atoms with E-state index < -0.39 is 5.97 Å². The van der Waals surface area contributed by atoms with Gasteiger partial charge < -0.3 is 20.7 Å². The highest BCUT2D eigenvalue weighted by Gasteiger charge is 2.36. The zero-order valence-corrected chi connectivity index (χ0v) is 25.2. The number of esters is 1. The Morgan fingerprint density at radius 2 is 1.70 bits per heavy atom. The van der Waals surface area contributed by atoms with Crippen molar-refractivity contribution in [2.24, 2.45) is 0 Å². The second-order valence-electron chi connectivity index (χ2n) is 11.4. The highest BCUT2D eigenvalue weighted by Crippen LogP contribution is 2.39. The summed E-state index contributed by atoms with van der Waals surface area (Å²) in [6, 6.07) is 21.2. The summed E-state index contributed by atoms with van der Waals surface area (Å²) in [5, 5.41) is 11.1. The largest absolute Gasteiger partial charge is 0.465 e. The first-order chi connectivity index (χ1) is 21.3. The number of anilines is 2. The summed E-state index contributed by atoms with van der Waals surface area (Å²) < 4.78 is 4.91. The zero-order chi connectivity index (χ0) is 30.8. The first-order valence-electron chi connectivity index (χ1n) is 14.9. The zero-order valence-electron chi connectivity index (χ0n) is 25.2. The summed E-state index contributed by atoms with van der Waals surface area (Å²) in [5.74, 6) is -0.981. The molecule has 10 heteroatoms. The summed E-state index contributed by atoms with van der Waals surface area (Å²) in [4.78, 5) is 47.0. The number of carbonyl (C=O) groups is 3. The number of fused-ring (bicyclic) bond motifs is 3. The van der Waals surface area contributed by atoms with Crippen LogP contribution in [0.4, 0.5) is 11.4 Å². The standard InChI is InChI=1S/C34H37N5O5/c1-21-17-28-29(18-27(21)34(42)43-3)37-32(40)30(28)31(22-7-5-4-6-8-22)36-24-11-9-23(10-12-24)33(41)38(2)44-16-15-39-25-13-14-26(39)20-35-19-25/h4-12,17-18,25-26,35-36H,13-16,19-20H2,1-3H3,(H,37,40)/b31-30-. The van der Waals surface area contributed by atoms with Crippen LogP contribution in [0.15, 0.2) is 66.7 Å². The molecule has 6 rings (SSSR count). The minimum Gasteiger partial charge on any atom is -0.465 e. The first kappa shape index (κ1) is 29.6. The molecule has 2 fully saturated rings. The second kappa shape index (κ2) is 12.6. The van der Waals surface area contributed by atoms with Gasteiger partial charge in [0.05, 0.1) is 36.2 Å². The molecule has 0 radical (unpaired) electrons. The topological polar surface area (TPSA) is 112 Å². The van der Waals surface area contributed by atoms with Gasteiger partial charge in [-0.25, -0.2) is 9.86 Å². The molecule has 2 amide bonds. The average Bonchev–Trinajstić information content (AvgIpc) is 3.46. The van der Waals surface area contributed by atoms with Crippen molar-refractivity contribution in [2.45, 2.75) is 31.8 Å². The van der Waals surface area contributed by atoms with Crippen LogP contribution >= 0.6 is 0 Å². The molecule has 2 unspecified atom stereocenters. The predicted molar refractivity (Wildman–Crippen MR) is 169 cm³/mol. The Morgan fingerprint density at radius 1 is 1.00 bits per heavy atom. The fourth-order valence-corrected chi connectivity index (χ4v) is 6.39. The molecule has 3 aromatic carbocycles. The van der Waals surface area contributed by atoms with Gasteiger partial charge in [0.15, 0.2) is 0 Å². The number of methoxy groups -OCH3 is 1. The van der Waals surface area contributed by atoms with Crippen molar-refractivity contribution >= 4 is 40.4 Å². The number of rotatable bonds is 9. The fourth-order valence-electron chi connectivity index (χ4n) is 6.39. The third-order valence-corrected chi connectivity index (χ3v) is 8.68. The van der Waals surface area contributed by atoms with Gasteiger partial charge in [0, 0.05) is 55.6 Å². The molecule has 3 aromatic rings. The number of carbonyl (C=O) groups excluding carboxylic acids is 3. The number of ether oxygens (including phenoxy) is 1. The maximum atomic E-state index is 13.3. The molecule has 3 heterocycles. The minimum atomic E-state index is -0.462. The average molecular weight is 596 g/mol. The monoisotopic (exact) mass is 595 g/mol. The highest BCUT2D eigenvalue weighted by atomic mass is 16.7. The second-order valence-corrected chi connectivity index (χ2v) is 11.4. The summed E-state index contributed by atoms with van der Waals surface area (Å²) in [7, 11) is 2.97. The van der Waals surface area contributed by atoms with Crippen LogP contribution < -0.4 is 16.0 Å². The van der Waals surface area contributed by atoms with Crippen LogP contribution in [0.25, 0.3) is 11.3 Å². The lowest BCUT2D eigenvalue weighted by molar-refractivity contribution is -0.113. The fraction of sp³-hybridized carbons (Fsp3) is 0.324. The molecule has 2 bridgehead atoms. The molecule has 2 atom stereocenters. The lowest BCUT2D eigenvalue weighted by atomic mass is 9.96. The molecule has 228 valence electrons. The molecule has 0 aromatic heterocycles. The molecular weight excluding hydrogens is 558 g/mol. The van der Waals surface area contributed by atoms with E-state index in [2.05, 4.69) is 20.9 Å². The quantitative estimate of drug-likeness (QED) is 0.192. The number of piperazine rings is 1. The molecule has 10 nitrogen and oxygen atoms in total. The summed E-state index contributed by atoms with van der Waals surface area (Å²) in [5.41, 5.74) is 5.39. The van der Waals surface area contributed by atoms with Gasteiger partial charge in [0.1, 0.15) is 0 Å². The minimum absolute atomic E-state index is 0.234. The van der Waals surface area contributed by atoms with Crippen LogP contribution in [0.5, 0.6) is 0 Å². The van der Waals surface area contributed by atoms with Crippen molar-refractivity contribution in [3.8, 4) is 0 Å². The SMILES string of the molecule is COC(=O)c1cc2c(cc1C)/C(=C(/Nc1ccc(C(=O)N(C)OCCN3C4CCC3CNC4)cc1)c1ccccc1)C(=O)N2. The molecule has 3 aliphatic rings. The summed E-state index contributed by atoms with van der Waals surface area (Å²) in [6.45, 7) is 5.10. The number of amides is 2. The van der Waals surface area contributed by atoms with Crippen molar-refractivity contribution < 1.29 is 24.0 Å². The van der Waals surface area contributed by atoms with E-state index in [-0.39, 0.29) is 11.8 Å². The number of benzene rings is 3. The van der Waals surface area contributed by atoms with E-state index in [0.717, 1.165) is 25.2 Å². The molecule has 3 N–H and O–H groups in total. The number of hydroxylamine groups is 2. The van der Waals surface area contributed by atoms with Crippen LogP contribution in [0.3, 0.4) is 0 Å². The number of hydrogen-bond acceptors (Lipinski definition) is 8. The van der Waals surface area contributed by atoms with Crippen LogP contribution in [0.1, 0.15) is 50.2 Å². The maximum absolute atomic E-state index is 13.3. The van der Waals surface area contributed by atoms with E-state index in [0.29, 0.717) is 63.6 Å². The Balaban J connectivity index is 1.19. The smallest absolute Gasteiger partial charge is 0.338 e. The number of aryl methyl sites for hydroxylation is 1. The molecular formula is C34H37N5O5. The van der Waals surface area contributed by atoms with E-state index in [9.17, 15) is 14.4 Å². The van der Waals surface area contributed by atoms with E-state index in [4.69, 9.17) is 9.57 Å². The molecule has 0 aliphatic carbocycles. The van der Waals surface area contributed by atoms with Gasteiger partial charge in [-0.2, -0.15) is 0 Å². The summed E-state index contributed by atoms with van der Waals surface area (Å²) >= 11 is 0. The van der Waals surface area contributed by atoms with Crippen molar-refractivity contribution in [3.05, 3.63) is 94.5 Å². The Bertz CT molecular complexity index is 1590. The lowest BCUT2D eigenvalue weighted by Crippen LogP contribution is -2.52. The molecule has 0 saturated carbocycles. The van der Waals surface area contributed by atoms with Crippen molar-refractivity contribution in [3.63, 3.8) is 0 Å². The Hall–Kier alpha value is -4.51. The number of nitrogens with zero attached hydrogens (tertiary/aromatic N) is 2. The molecule has 3 aliphatic heterocycles.